The smallest absolute Gasteiger partial charge is 0.268 e. The van der Waals surface area contributed by atoms with Crippen LogP contribution in [-0.4, -0.2) is 25.7 Å². The summed E-state index contributed by atoms with van der Waals surface area (Å²) in [5.41, 5.74) is 0.401. The van der Waals surface area contributed by atoms with Crippen molar-refractivity contribution in [1.82, 2.24) is 4.31 Å². The van der Waals surface area contributed by atoms with Crippen LogP contribution in [0.2, 0.25) is 0 Å². The van der Waals surface area contributed by atoms with Crippen LogP contribution >= 0.6 is 11.8 Å². The zero-order valence-corrected chi connectivity index (χ0v) is 12.2. The molecule has 1 heterocycles. The third-order valence-electron chi connectivity index (χ3n) is 3.11. The highest BCUT2D eigenvalue weighted by molar-refractivity contribution is 8.00. The summed E-state index contributed by atoms with van der Waals surface area (Å²) in [7, 11) is -2.52. The molecule has 0 N–H and O–H groups in total. The number of benzene rings is 2. The molecule has 0 bridgehead atoms. The van der Waals surface area contributed by atoms with E-state index in [2.05, 4.69) is 0 Å². The van der Waals surface area contributed by atoms with E-state index in [9.17, 15) is 13.2 Å². The lowest BCUT2D eigenvalue weighted by molar-refractivity contribution is 0.0879. The molecule has 4 nitrogen and oxygen atoms in total. The molecule has 0 atom stereocenters. The molecule has 0 unspecified atom stereocenters. The van der Waals surface area contributed by atoms with Gasteiger partial charge in [-0.1, -0.05) is 36.0 Å². The Bertz CT molecular complexity index is 800. The van der Waals surface area contributed by atoms with Crippen molar-refractivity contribution in [1.29, 1.82) is 0 Å². The van der Waals surface area contributed by atoms with Crippen molar-refractivity contribution in [2.75, 3.05) is 7.05 Å². The standard InChI is InChI=1S/C14H11NO3S2/c1-15-14(16)10-6-2-3-7-11(10)19-12-8-4-5-9-13(12)20(15,17)18/h2-9H,1H3. The molecule has 0 aromatic heterocycles. The molecule has 0 aliphatic carbocycles. The van der Waals surface area contributed by atoms with Crippen molar-refractivity contribution in [2.24, 2.45) is 0 Å². The van der Waals surface area contributed by atoms with Gasteiger partial charge < -0.3 is 0 Å². The first kappa shape index (κ1) is 13.2. The number of carbonyl (C=O) groups is 1. The molecule has 0 fully saturated rings. The lowest BCUT2D eigenvalue weighted by atomic mass is 10.2. The van der Waals surface area contributed by atoms with E-state index in [1.165, 1.54) is 24.9 Å². The minimum absolute atomic E-state index is 0.162. The maximum atomic E-state index is 12.5. The van der Waals surface area contributed by atoms with E-state index in [0.717, 1.165) is 9.20 Å². The first-order chi connectivity index (χ1) is 9.51. The van der Waals surface area contributed by atoms with Crippen molar-refractivity contribution in [3.8, 4) is 0 Å². The molecule has 1 amide bonds. The van der Waals surface area contributed by atoms with Crippen LogP contribution in [0, 0.1) is 0 Å². The molecule has 6 heteroatoms. The number of sulfonamides is 1. The number of amides is 1. The first-order valence-electron chi connectivity index (χ1n) is 5.91. The van der Waals surface area contributed by atoms with Gasteiger partial charge in [-0.2, -0.15) is 0 Å². The zero-order chi connectivity index (χ0) is 14.3. The van der Waals surface area contributed by atoms with Crippen molar-refractivity contribution in [2.45, 2.75) is 14.7 Å². The van der Waals surface area contributed by atoms with E-state index < -0.39 is 15.9 Å². The van der Waals surface area contributed by atoms with Crippen LogP contribution in [0.15, 0.2) is 63.2 Å². The van der Waals surface area contributed by atoms with Gasteiger partial charge in [-0.15, -0.1) is 0 Å². The van der Waals surface area contributed by atoms with E-state index in [-0.39, 0.29) is 4.90 Å². The molecular formula is C14H11NO3S2. The normalized spacial score (nSPS) is 16.9. The van der Waals surface area contributed by atoms with Crippen LogP contribution in [0.5, 0.6) is 0 Å². The summed E-state index contributed by atoms with van der Waals surface area (Å²) in [5, 5.41) is 0. The Labute approximate surface area is 121 Å². The van der Waals surface area contributed by atoms with Gasteiger partial charge in [-0.05, 0) is 24.3 Å². The van der Waals surface area contributed by atoms with Gasteiger partial charge in [0.1, 0.15) is 4.90 Å². The number of hydrogen-bond acceptors (Lipinski definition) is 4. The summed E-state index contributed by atoms with van der Waals surface area (Å²) < 4.78 is 25.8. The Balaban J connectivity index is 2.33. The minimum atomic E-state index is -3.81. The Morgan fingerprint density at radius 3 is 2.30 bits per heavy atom. The van der Waals surface area contributed by atoms with Crippen LogP contribution in [0.3, 0.4) is 0 Å². The third kappa shape index (κ3) is 1.92. The molecule has 0 spiro atoms. The second-order valence-corrected chi connectivity index (χ2v) is 7.34. The zero-order valence-electron chi connectivity index (χ0n) is 10.6. The lowest BCUT2D eigenvalue weighted by Crippen LogP contribution is -2.34. The molecule has 2 aromatic carbocycles. The fourth-order valence-electron chi connectivity index (χ4n) is 2.02. The highest BCUT2D eigenvalue weighted by atomic mass is 32.2. The molecule has 1 aliphatic rings. The van der Waals surface area contributed by atoms with Gasteiger partial charge >= 0.3 is 0 Å². The van der Waals surface area contributed by atoms with Crippen molar-refractivity contribution < 1.29 is 13.2 Å². The quantitative estimate of drug-likeness (QED) is 0.751. The van der Waals surface area contributed by atoms with Crippen molar-refractivity contribution >= 4 is 27.7 Å². The minimum Gasteiger partial charge on any atom is -0.268 e. The van der Waals surface area contributed by atoms with E-state index in [1.54, 1.807) is 30.3 Å². The molecule has 1 aliphatic heterocycles. The van der Waals surface area contributed by atoms with E-state index >= 15 is 0 Å². The van der Waals surface area contributed by atoms with Gasteiger partial charge in [-0.3, -0.25) is 4.79 Å². The average Bonchev–Trinajstić information content (AvgIpc) is 2.46. The van der Waals surface area contributed by atoms with Crippen molar-refractivity contribution in [3.05, 3.63) is 54.1 Å². The Kier molecular flexibility index (Phi) is 3.07. The van der Waals surface area contributed by atoms with Crippen LogP contribution in [0.25, 0.3) is 0 Å². The molecule has 20 heavy (non-hydrogen) atoms. The summed E-state index contributed by atoms with van der Waals surface area (Å²) in [6.07, 6.45) is 0. The van der Waals surface area contributed by atoms with Gasteiger partial charge in [0.15, 0.2) is 0 Å². The number of nitrogens with zero attached hydrogens (tertiary/aromatic N) is 1. The van der Waals surface area contributed by atoms with E-state index in [0.29, 0.717) is 10.5 Å². The first-order valence-corrected chi connectivity index (χ1v) is 8.16. The Morgan fingerprint density at radius 1 is 0.950 bits per heavy atom. The number of fused-ring (bicyclic) bond motifs is 2. The number of hydrogen-bond donors (Lipinski definition) is 0. The summed E-state index contributed by atoms with van der Waals surface area (Å²) in [5.74, 6) is -0.511. The molecular weight excluding hydrogens is 294 g/mol. The number of rotatable bonds is 0. The van der Waals surface area contributed by atoms with Crippen LogP contribution in [0.4, 0.5) is 0 Å². The molecule has 0 saturated carbocycles. The SMILES string of the molecule is CN1C(=O)c2ccccc2Sc2ccccc2S1(=O)=O. The van der Waals surface area contributed by atoms with Crippen LogP contribution in [0.1, 0.15) is 10.4 Å². The second-order valence-electron chi connectivity index (χ2n) is 4.32. The molecule has 0 saturated heterocycles. The fraction of sp³-hybridized carbons (Fsp3) is 0.0714. The Morgan fingerprint density at radius 2 is 1.55 bits per heavy atom. The predicted octanol–water partition coefficient (Wildman–Crippen LogP) is 2.61. The van der Waals surface area contributed by atoms with Gasteiger partial charge in [0.2, 0.25) is 0 Å². The summed E-state index contributed by atoms with van der Waals surface area (Å²) in [6, 6.07) is 13.7. The monoisotopic (exact) mass is 305 g/mol. The summed E-state index contributed by atoms with van der Waals surface area (Å²) in [4.78, 5) is 13.9. The molecule has 102 valence electrons. The fourth-order valence-corrected chi connectivity index (χ4v) is 4.61. The van der Waals surface area contributed by atoms with Gasteiger partial charge in [0, 0.05) is 16.8 Å². The number of carbonyl (C=O) groups excluding carboxylic acids is 1. The topological polar surface area (TPSA) is 54.5 Å². The maximum Gasteiger partial charge on any atom is 0.268 e. The van der Waals surface area contributed by atoms with Gasteiger partial charge in [0.05, 0.1) is 5.56 Å². The molecule has 2 aromatic rings. The van der Waals surface area contributed by atoms with E-state index in [4.69, 9.17) is 0 Å². The highest BCUT2D eigenvalue weighted by Gasteiger charge is 2.32. The summed E-state index contributed by atoms with van der Waals surface area (Å²) >= 11 is 1.30. The highest BCUT2D eigenvalue weighted by Crippen LogP contribution is 2.38. The predicted molar refractivity (Wildman–Crippen MR) is 76.3 cm³/mol. The molecule has 0 radical (unpaired) electrons. The molecule has 3 rings (SSSR count). The van der Waals surface area contributed by atoms with E-state index in [1.807, 2.05) is 12.1 Å². The van der Waals surface area contributed by atoms with Gasteiger partial charge in [0.25, 0.3) is 15.9 Å². The van der Waals surface area contributed by atoms with Crippen LogP contribution < -0.4 is 0 Å². The largest absolute Gasteiger partial charge is 0.268 e. The van der Waals surface area contributed by atoms with Crippen LogP contribution in [-0.2, 0) is 10.0 Å². The van der Waals surface area contributed by atoms with Gasteiger partial charge in [-0.25, -0.2) is 12.7 Å². The third-order valence-corrected chi connectivity index (χ3v) is 6.19. The lowest BCUT2D eigenvalue weighted by Gasteiger charge is -2.23. The second kappa shape index (κ2) is 4.64. The average molecular weight is 305 g/mol. The summed E-state index contributed by atoms with van der Waals surface area (Å²) in [6.45, 7) is 0. The van der Waals surface area contributed by atoms with Crippen molar-refractivity contribution in [3.63, 3.8) is 0 Å². The maximum absolute atomic E-state index is 12.5. The Hall–Kier alpha value is -1.79.